The lowest BCUT2D eigenvalue weighted by molar-refractivity contribution is -0.140. The Hall–Kier alpha value is -2.89. The molecule has 4 rings (SSSR count). The van der Waals surface area contributed by atoms with Crippen molar-refractivity contribution in [2.24, 2.45) is 11.1 Å². The molecular weight excluding hydrogens is 452 g/mol. The third kappa shape index (κ3) is 6.12. The number of carbonyl (C=O) groups excluding carboxylic acids is 1. The van der Waals surface area contributed by atoms with Crippen LogP contribution in [0.3, 0.4) is 0 Å². The van der Waals surface area contributed by atoms with Crippen LogP contribution in [-0.4, -0.2) is 70.5 Å². The minimum atomic E-state index is -3.97. The molecule has 0 amide bonds. The Morgan fingerprint density at radius 1 is 1.42 bits per heavy atom. The number of ether oxygens (including phenoxy) is 1. The van der Waals surface area contributed by atoms with Crippen molar-refractivity contribution in [2.45, 2.75) is 37.5 Å². The van der Waals surface area contributed by atoms with Gasteiger partial charge in [-0.15, -0.1) is 0 Å². The van der Waals surface area contributed by atoms with Gasteiger partial charge in [0.15, 0.2) is 5.60 Å². The summed E-state index contributed by atoms with van der Waals surface area (Å²) in [6.07, 6.45) is 6.58. The molecule has 4 N–H and O–H groups in total. The second-order valence-corrected chi connectivity index (χ2v) is 9.36. The Balaban J connectivity index is 1.38. The molecule has 2 aromatic heterocycles. The maximum atomic E-state index is 13.0. The van der Waals surface area contributed by atoms with E-state index in [2.05, 4.69) is 32.2 Å². The van der Waals surface area contributed by atoms with Crippen LogP contribution >= 0.6 is 0 Å². The molecule has 2 fully saturated rings. The number of hydrogen-bond acceptors (Lipinski definition) is 10. The SMILES string of the molecule is NS(=O)(=O)OC[C@@H]1CC[C@H](Nc2ncncc2C(=O)c2ccn(CC#CC3(O)COC3)n2)C1. The first-order chi connectivity index (χ1) is 15.7. The van der Waals surface area contributed by atoms with Crippen molar-refractivity contribution in [3.63, 3.8) is 0 Å². The van der Waals surface area contributed by atoms with Crippen molar-refractivity contribution < 1.29 is 27.2 Å². The van der Waals surface area contributed by atoms with Crippen LogP contribution in [-0.2, 0) is 25.8 Å². The number of carbonyl (C=O) groups is 1. The summed E-state index contributed by atoms with van der Waals surface area (Å²) < 4.78 is 33.1. The van der Waals surface area contributed by atoms with Gasteiger partial charge in [-0.05, 0) is 31.2 Å². The molecule has 12 nitrogen and oxygen atoms in total. The van der Waals surface area contributed by atoms with Crippen molar-refractivity contribution in [1.82, 2.24) is 19.7 Å². The fourth-order valence-electron chi connectivity index (χ4n) is 3.71. The molecule has 2 atom stereocenters. The summed E-state index contributed by atoms with van der Waals surface area (Å²) in [5.74, 6) is 5.65. The number of nitrogens with zero attached hydrogens (tertiary/aromatic N) is 4. The number of aliphatic hydroxyl groups is 1. The molecule has 0 radical (unpaired) electrons. The highest BCUT2D eigenvalue weighted by atomic mass is 32.2. The maximum Gasteiger partial charge on any atom is 0.333 e. The lowest BCUT2D eigenvalue weighted by Gasteiger charge is -2.30. The lowest BCUT2D eigenvalue weighted by atomic mass is 10.0. The molecule has 176 valence electrons. The van der Waals surface area contributed by atoms with Crippen LogP contribution in [0.25, 0.3) is 0 Å². The molecule has 0 spiro atoms. The van der Waals surface area contributed by atoms with E-state index in [1.54, 1.807) is 12.3 Å². The van der Waals surface area contributed by atoms with E-state index in [1.165, 1.54) is 17.2 Å². The van der Waals surface area contributed by atoms with Crippen LogP contribution < -0.4 is 10.5 Å². The van der Waals surface area contributed by atoms with Crippen LogP contribution in [0, 0.1) is 17.8 Å². The second kappa shape index (κ2) is 9.54. The van der Waals surface area contributed by atoms with Gasteiger partial charge in [0.25, 0.3) is 0 Å². The Bertz CT molecular complexity index is 1180. The van der Waals surface area contributed by atoms with Gasteiger partial charge in [0.2, 0.25) is 5.78 Å². The fraction of sp³-hybridized carbons (Fsp3) is 0.500. The van der Waals surface area contributed by atoms with Crippen LogP contribution in [0.1, 0.15) is 35.3 Å². The molecule has 2 aliphatic rings. The standard InChI is InChI=1S/C20H24N6O6S/c21-33(29,30)32-10-14-2-3-15(8-14)24-19-16(9-22-13-23-19)18(27)17-4-7-26(25-17)6-1-5-20(28)11-31-12-20/h4,7,9,13-15,28H,2-3,6,8,10-12H2,(H2,21,29,30)(H,22,23,24)/t14-,15+/m1/s1. The third-order valence-corrected chi connectivity index (χ3v) is 5.89. The zero-order valence-electron chi connectivity index (χ0n) is 17.7. The van der Waals surface area contributed by atoms with Gasteiger partial charge >= 0.3 is 10.3 Å². The van der Waals surface area contributed by atoms with E-state index in [9.17, 15) is 18.3 Å². The summed E-state index contributed by atoms with van der Waals surface area (Å²) >= 11 is 0. The normalized spacial score (nSPS) is 21.6. The van der Waals surface area contributed by atoms with Crippen molar-refractivity contribution in [3.8, 4) is 11.8 Å². The predicted octanol–water partition coefficient (Wildman–Crippen LogP) is -0.530. The molecule has 0 unspecified atom stereocenters. The number of hydrogen-bond donors (Lipinski definition) is 3. The van der Waals surface area contributed by atoms with E-state index >= 15 is 0 Å². The zero-order valence-corrected chi connectivity index (χ0v) is 18.5. The molecule has 33 heavy (non-hydrogen) atoms. The van der Waals surface area contributed by atoms with Crippen LogP contribution in [0.15, 0.2) is 24.8 Å². The first kappa shape index (κ1) is 23.3. The van der Waals surface area contributed by atoms with Crippen LogP contribution in [0.2, 0.25) is 0 Å². The van der Waals surface area contributed by atoms with Crippen molar-refractivity contribution in [1.29, 1.82) is 0 Å². The summed E-state index contributed by atoms with van der Waals surface area (Å²) in [6.45, 7) is 0.619. The minimum Gasteiger partial charge on any atom is -0.373 e. The smallest absolute Gasteiger partial charge is 0.333 e. The van der Waals surface area contributed by atoms with E-state index in [0.717, 1.165) is 12.8 Å². The largest absolute Gasteiger partial charge is 0.373 e. The predicted molar refractivity (Wildman–Crippen MR) is 115 cm³/mol. The number of nitrogens with one attached hydrogen (secondary N) is 1. The Kier molecular flexibility index (Phi) is 6.73. The monoisotopic (exact) mass is 476 g/mol. The molecule has 1 saturated carbocycles. The van der Waals surface area contributed by atoms with Gasteiger partial charge in [-0.3, -0.25) is 13.7 Å². The third-order valence-electron chi connectivity index (χ3n) is 5.42. The summed E-state index contributed by atoms with van der Waals surface area (Å²) in [7, 11) is -3.97. The Morgan fingerprint density at radius 2 is 2.24 bits per heavy atom. The van der Waals surface area contributed by atoms with Gasteiger partial charge in [0, 0.05) is 18.4 Å². The number of rotatable bonds is 8. The van der Waals surface area contributed by atoms with Crippen LogP contribution in [0.5, 0.6) is 0 Å². The highest BCUT2D eigenvalue weighted by molar-refractivity contribution is 7.84. The van der Waals surface area contributed by atoms with E-state index < -0.39 is 15.9 Å². The molecule has 0 bridgehead atoms. The zero-order chi connectivity index (χ0) is 23.5. The molecule has 3 heterocycles. The average Bonchev–Trinajstić information content (AvgIpc) is 3.40. The number of aromatic nitrogens is 4. The van der Waals surface area contributed by atoms with Gasteiger partial charge in [0.1, 0.15) is 24.4 Å². The van der Waals surface area contributed by atoms with Crippen LogP contribution in [0.4, 0.5) is 5.82 Å². The summed E-state index contributed by atoms with van der Waals surface area (Å²) in [6, 6.07) is 1.58. The number of anilines is 1. The Labute approximate surface area is 190 Å². The molecule has 2 aromatic rings. The van der Waals surface area contributed by atoms with Gasteiger partial charge < -0.3 is 15.2 Å². The van der Waals surface area contributed by atoms with Gasteiger partial charge in [-0.25, -0.2) is 15.1 Å². The topological polar surface area (TPSA) is 172 Å². The molecule has 0 aromatic carbocycles. The fourth-order valence-corrected chi connectivity index (χ4v) is 4.10. The maximum absolute atomic E-state index is 13.0. The van der Waals surface area contributed by atoms with Crippen molar-refractivity contribution in [2.75, 3.05) is 25.1 Å². The molecule has 1 saturated heterocycles. The van der Waals surface area contributed by atoms with E-state index in [0.29, 0.717) is 12.2 Å². The summed E-state index contributed by atoms with van der Waals surface area (Å²) in [5.41, 5.74) is -0.609. The quantitative estimate of drug-likeness (QED) is 0.332. The Morgan fingerprint density at radius 3 is 2.97 bits per heavy atom. The van der Waals surface area contributed by atoms with E-state index in [-0.39, 0.29) is 55.4 Å². The molecule has 1 aliphatic heterocycles. The van der Waals surface area contributed by atoms with Gasteiger partial charge in [-0.1, -0.05) is 11.8 Å². The molecule has 1 aliphatic carbocycles. The first-order valence-electron chi connectivity index (χ1n) is 10.3. The molecule has 13 heteroatoms. The van der Waals surface area contributed by atoms with Gasteiger partial charge in [0.05, 0.1) is 25.4 Å². The van der Waals surface area contributed by atoms with Gasteiger partial charge in [-0.2, -0.15) is 13.5 Å². The van der Waals surface area contributed by atoms with Crippen molar-refractivity contribution >= 4 is 21.9 Å². The highest BCUT2D eigenvalue weighted by Gasteiger charge is 2.33. The number of nitrogens with two attached hydrogens (primary N) is 1. The van der Waals surface area contributed by atoms with E-state index in [1.807, 2.05) is 0 Å². The lowest BCUT2D eigenvalue weighted by Crippen LogP contribution is -2.48. The first-order valence-corrected chi connectivity index (χ1v) is 11.8. The average molecular weight is 477 g/mol. The number of ketones is 1. The summed E-state index contributed by atoms with van der Waals surface area (Å²) in [4.78, 5) is 21.2. The minimum absolute atomic E-state index is 0.00496. The van der Waals surface area contributed by atoms with Crippen molar-refractivity contribution in [3.05, 3.63) is 36.0 Å². The summed E-state index contributed by atoms with van der Waals surface area (Å²) in [5, 5.41) is 22.3. The second-order valence-electron chi connectivity index (χ2n) is 8.14. The molecular formula is C20H24N6O6S. The van der Waals surface area contributed by atoms with E-state index in [4.69, 9.17) is 14.1 Å². The highest BCUT2D eigenvalue weighted by Crippen LogP contribution is 2.29.